The lowest BCUT2D eigenvalue weighted by Gasteiger charge is -2.25. The van der Waals surface area contributed by atoms with Gasteiger partial charge in [-0.25, -0.2) is 9.29 Å². The van der Waals surface area contributed by atoms with E-state index in [-0.39, 0.29) is 5.02 Å². The number of ether oxygens (including phenoxy) is 1. The maximum atomic E-state index is 12.8. The Kier molecular flexibility index (Phi) is 8.60. The number of hydrogen-bond acceptors (Lipinski definition) is 7. The second-order valence-corrected chi connectivity index (χ2v) is 10.9. The Hall–Kier alpha value is -1.56. The zero-order valence-electron chi connectivity index (χ0n) is 18.1. The number of benzene rings is 2. The summed E-state index contributed by atoms with van der Waals surface area (Å²) in [7, 11) is 0. The molecular weight excluding hydrogens is 523 g/mol. The van der Waals surface area contributed by atoms with Crippen molar-refractivity contribution in [2.75, 3.05) is 31.0 Å². The summed E-state index contributed by atoms with van der Waals surface area (Å²) in [6, 6.07) is 15.5. The van der Waals surface area contributed by atoms with Crippen molar-refractivity contribution in [1.29, 1.82) is 0 Å². The molecule has 0 spiro atoms. The average Bonchev–Trinajstić information content (AvgIpc) is 2.81. The number of nitrogens with zero attached hydrogens (tertiary/aromatic N) is 2. The molecule has 11 heteroatoms. The highest BCUT2D eigenvalue weighted by molar-refractivity contribution is 8.00. The number of rotatable bonds is 7. The van der Waals surface area contributed by atoms with Crippen LogP contribution in [0.4, 0.5) is 19.0 Å². The lowest BCUT2D eigenvalue weighted by atomic mass is 10.2. The first-order valence-corrected chi connectivity index (χ1v) is 13.1. The van der Waals surface area contributed by atoms with Crippen LogP contribution in [0.1, 0.15) is 11.3 Å². The predicted molar refractivity (Wildman–Crippen MR) is 134 cm³/mol. The monoisotopic (exact) mass is 543 g/mol. The van der Waals surface area contributed by atoms with Gasteiger partial charge in [-0.2, -0.15) is 13.2 Å². The van der Waals surface area contributed by atoms with Gasteiger partial charge in [-0.1, -0.05) is 23.4 Å². The minimum Gasteiger partial charge on any atom is -0.379 e. The third kappa shape index (κ3) is 6.99. The van der Waals surface area contributed by atoms with E-state index in [1.165, 1.54) is 11.0 Å². The Morgan fingerprint density at radius 3 is 2.29 bits per heavy atom. The number of hydrogen-bond donors (Lipinski definition) is 1. The first-order valence-electron chi connectivity index (χ1n) is 10.3. The van der Waals surface area contributed by atoms with Crippen LogP contribution in [0.5, 0.6) is 0 Å². The fraction of sp³-hybridized carbons (Fsp3) is 0.261. The van der Waals surface area contributed by atoms with Crippen LogP contribution in [0, 0.1) is 6.92 Å². The molecule has 3 aromatic rings. The Labute approximate surface area is 214 Å². The van der Waals surface area contributed by atoms with Crippen LogP contribution in [0.2, 0.25) is 5.02 Å². The van der Waals surface area contributed by atoms with Gasteiger partial charge in [0.2, 0.25) is 0 Å². The van der Waals surface area contributed by atoms with Crippen molar-refractivity contribution >= 4 is 53.1 Å². The van der Waals surface area contributed by atoms with Crippen LogP contribution in [0.25, 0.3) is 0 Å². The predicted octanol–water partition coefficient (Wildman–Crippen LogP) is 7.67. The molecular formula is C23H21ClF3N3OS3. The van der Waals surface area contributed by atoms with Gasteiger partial charge >= 0.3 is 6.18 Å². The molecule has 1 fully saturated rings. The number of anilines is 1. The molecule has 1 N–H and O–H groups in total. The second kappa shape index (κ2) is 11.5. The number of morpholine rings is 1. The summed E-state index contributed by atoms with van der Waals surface area (Å²) in [4.78, 5) is 8.39. The highest BCUT2D eigenvalue weighted by Gasteiger charge is 2.30. The van der Waals surface area contributed by atoms with Crippen LogP contribution >= 0.6 is 47.3 Å². The molecule has 1 aromatic heterocycles. The van der Waals surface area contributed by atoms with Crippen molar-refractivity contribution in [3.8, 4) is 0 Å². The normalized spacial score (nSPS) is 14.9. The SMILES string of the molecule is Cc1nc(NSc2ccc(C(F)(F)F)cc2Cl)ccc1Sc1ccc(SN2CCOCC2)cc1. The van der Waals surface area contributed by atoms with E-state index < -0.39 is 11.7 Å². The summed E-state index contributed by atoms with van der Waals surface area (Å²) < 4.78 is 49.2. The van der Waals surface area contributed by atoms with Crippen molar-refractivity contribution in [2.24, 2.45) is 0 Å². The molecule has 0 bridgehead atoms. The van der Waals surface area contributed by atoms with Crippen LogP contribution in [-0.4, -0.2) is 35.6 Å². The van der Waals surface area contributed by atoms with Gasteiger partial charge in [-0.05, 0) is 85.4 Å². The Balaban J connectivity index is 1.34. The molecule has 0 amide bonds. The summed E-state index contributed by atoms with van der Waals surface area (Å²) in [6.07, 6.45) is -4.42. The molecule has 4 nitrogen and oxygen atoms in total. The number of alkyl halides is 3. The van der Waals surface area contributed by atoms with Crippen molar-refractivity contribution in [1.82, 2.24) is 9.29 Å². The second-order valence-electron chi connectivity index (χ2n) is 7.33. The van der Waals surface area contributed by atoms with Crippen LogP contribution in [-0.2, 0) is 10.9 Å². The molecule has 2 aromatic carbocycles. The van der Waals surface area contributed by atoms with E-state index >= 15 is 0 Å². The van der Waals surface area contributed by atoms with E-state index in [1.807, 2.05) is 19.1 Å². The van der Waals surface area contributed by atoms with Gasteiger partial charge < -0.3 is 9.46 Å². The highest BCUT2D eigenvalue weighted by atomic mass is 35.5. The minimum absolute atomic E-state index is 0.0338. The molecule has 4 rings (SSSR count). The maximum absolute atomic E-state index is 12.8. The van der Waals surface area contributed by atoms with Crippen molar-refractivity contribution < 1.29 is 17.9 Å². The van der Waals surface area contributed by atoms with Gasteiger partial charge in [0.1, 0.15) is 5.82 Å². The topological polar surface area (TPSA) is 37.4 Å². The van der Waals surface area contributed by atoms with E-state index in [1.54, 1.807) is 23.7 Å². The van der Waals surface area contributed by atoms with Gasteiger partial charge in [0.25, 0.3) is 0 Å². The van der Waals surface area contributed by atoms with E-state index in [2.05, 4.69) is 38.3 Å². The smallest absolute Gasteiger partial charge is 0.379 e. The molecule has 1 aliphatic heterocycles. The lowest BCUT2D eigenvalue weighted by molar-refractivity contribution is -0.137. The zero-order valence-corrected chi connectivity index (χ0v) is 21.3. The number of halogens is 4. The first-order chi connectivity index (χ1) is 16.3. The van der Waals surface area contributed by atoms with Gasteiger partial charge in [-0.15, -0.1) is 0 Å². The zero-order chi connectivity index (χ0) is 24.1. The summed E-state index contributed by atoms with van der Waals surface area (Å²) >= 11 is 10.5. The number of pyridine rings is 1. The third-order valence-electron chi connectivity index (χ3n) is 4.82. The molecule has 2 heterocycles. The minimum atomic E-state index is -4.42. The van der Waals surface area contributed by atoms with Crippen molar-refractivity contribution in [3.63, 3.8) is 0 Å². The molecule has 180 valence electrons. The largest absolute Gasteiger partial charge is 0.416 e. The quantitative estimate of drug-likeness (QED) is 0.306. The van der Waals surface area contributed by atoms with E-state index in [4.69, 9.17) is 16.3 Å². The molecule has 0 unspecified atom stereocenters. The lowest BCUT2D eigenvalue weighted by Crippen LogP contribution is -2.30. The summed E-state index contributed by atoms with van der Waals surface area (Å²) in [5.41, 5.74) is 0.0748. The van der Waals surface area contributed by atoms with Gasteiger partial charge in [-0.3, -0.25) is 0 Å². The fourth-order valence-electron chi connectivity index (χ4n) is 3.06. The first kappa shape index (κ1) is 25.5. The molecule has 0 atom stereocenters. The van der Waals surface area contributed by atoms with Gasteiger partial charge in [0.15, 0.2) is 0 Å². The Morgan fingerprint density at radius 1 is 0.971 bits per heavy atom. The summed E-state index contributed by atoms with van der Waals surface area (Å²) in [6.45, 7) is 5.32. The third-order valence-corrected chi connectivity index (χ3v) is 8.40. The van der Waals surface area contributed by atoms with E-state index in [9.17, 15) is 13.2 Å². The summed E-state index contributed by atoms with van der Waals surface area (Å²) in [5, 5.41) is 0.0338. The average molecular weight is 544 g/mol. The molecule has 34 heavy (non-hydrogen) atoms. The molecule has 0 radical (unpaired) electrons. The molecule has 0 saturated carbocycles. The standard InChI is InChI=1S/C23H21ClF3N3OS3/c1-15-20(32-17-3-5-18(6-4-17)34-30-10-12-31-13-11-30)8-9-22(28-15)29-33-21-7-2-16(14-19(21)24)23(25,26)27/h2-9,14H,10-13H2,1H3,(H,28,29). The van der Waals surface area contributed by atoms with Crippen LogP contribution < -0.4 is 4.72 Å². The maximum Gasteiger partial charge on any atom is 0.416 e. The molecule has 0 aliphatic carbocycles. The van der Waals surface area contributed by atoms with E-state index in [0.717, 1.165) is 65.9 Å². The van der Waals surface area contributed by atoms with Crippen LogP contribution in [0.3, 0.4) is 0 Å². The Morgan fingerprint density at radius 2 is 1.65 bits per heavy atom. The van der Waals surface area contributed by atoms with Gasteiger partial charge in [0, 0.05) is 32.7 Å². The molecule has 1 aliphatic rings. The molecule has 1 saturated heterocycles. The van der Waals surface area contributed by atoms with Gasteiger partial charge in [0.05, 0.1) is 29.5 Å². The van der Waals surface area contributed by atoms with Crippen molar-refractivity contribution in [3.05, 3.63) is 70.9 Å². The highest BCUT2D eigenvalue weighted by Crippen LogP contribution is 2.36. The fourth-order valence-corrected chi connectivity index (χ4v) is 5.72. The number of nitrogens with one attached hydrogen (secondary N) is 1. The number of aryl methyl sites for hydroxylation is 1. The van der Waals surface area contributed by atoms with Crippen LogP contribution in [0.15, 0.2) is 74.2 Å². The van der Waals surface area contributed by atoms with E-state index in [0.29, 0.717) is 10.7 Å². The Bertz CT molecular complexity index is 1130. The van der Waals surface area contributed by atoms with Crippen molar-refractivity contribution in [2.45, 2.75) is 32.7 Å². The summed E-state index contributed by atoms with van der Waals surface area (Å²) in [5.74, 6) is 0.597. The number of aromatic nitrogens is 1.